The molecule has 0 aliphatic rings. The summed E-state index contributed by atoms with van der Waals surface area (Å²) in [6.45, 7) is 6.39. The van der Waals surface area contributed by atoms with Crippen LogP contribution in [-0.2, 0) is 0 Å². The third kappa shape index (κ3) is 6.99. The molecule has 0 aromatic rings. The highest BCUT2D eigenvalue weighted by atomic mass is 15.1. The molecule has 80 valence electrons. The number of likely N-dealkylation sites (N-methyl/N-ethyl adjacent to an activating group) is 2. The third-order valence-corrected chi connectivity index (χ3v) is 2.41. The molecule has 0 rings (SSSR count). The lowest BCUT2D eigenvalue weighted by molar-refractivity contribution is 0.245. The predicted molar refractivity (Wildman–Crippen MR) is 58.9 cm³/mol. The zero-order valence-corrected chi connectivity index (χ0v) is 9.58. The molecule has 1 atom stereocenters. The molecule has 3 nitrogen and oxygen atoms in total. The Morgan fingerprint density at radius 1 is 1.15 bits per heavy atom. The van der Waals surface area contributed by atoms with Crippen LogP contribution in [0.15, 0.2) is 0 Å². The van der Waals surface area contributed by atoms with E-state index in [1.807, 2.05) is 0 Å². The standard InChI is InChI=1S/C10H25N3/c1-5-10(8-11)9-13(4)7-6-12(2)3/h10H,5-9,11H2,1-4H3. The lowest BCUT2D eigenvalue weighted by atomic mass is 10.1. The quantitative estimate of drug-likeness (QED) is 0.629. The zero-order valence-electron chi connectivity index (χ0n) is 9.58. The number of hydrogen-bond acceptors (Lipinski definition) is 3. The molecule has 0 aromatic heterocycles. The summed E-state index contributed by atoms with van der Waals surface area (Å²) in [6, 6.07) is 0. The van der Waals surface area contributed by atoms with Gasteiger partial charge in [0.25, 0.3) is 0 Å². The number of nitrogens with two attached hydrogens (primary N) is 1. The van der Waals surface area contributed by atoms with Crippen molar-refractivity contribution in [3.63, 3.8) is 0 Å². The Bertz CT molecular complexity index is 111. The molecule has 0 heterocycles. The summed E-state index contributed by atoms with van der Waals surface area (Å²) in [6.07, 6.45) is 1.18. The van der Waals surface area contributed by atoms with Crippen LogP contribution in [0.3, 0.4) is 0 Å². The molecule has 0 bridgehead atoms. The molecule has 3 heteroatoms. The van der Waals surface area contributed by atoms with Gasteiger partial charge in [-0.25, -0.2) is 0 Å². The van der Waals surface area contributed by atoms with Gasteiger partial charge in [-0.05, 0) is 33.6 Å². The van der Waals surface area contributed by atoms with Crippen molar-refractivity contribution < 1.29 is 0 Å². The minimum atomic E-state index is 0.659. The number of hydrogen-bond donors (Lipinski definition) is 1. The molecule has 0 amide bonds. The molecule has 0 aromatic carbocycles. The van der Waals surface area contributed by atoms with Crippen molar-refractivity contribution in [3.05, 3.63) is 0 Å². The van der Waals surface area contributed by atoms with Crippen LogP contribution in [0.2, 0.25) is 0 Å². The maximum atomic E-state index is 5.65. The predicted octanol–water partition coefficient (Wildman–Crippen LogP) is 0.465. The Kier molecular flexibility index (Phi) is 7.23. The van der Waals surface area contributed by atoms with Crippen LogP contribution in [-0.4, -0.2) is 57.1 Å². The van der Waals surface area contributed by atoms with Crippen molar-refractivity contribution in [1.29, 1.82) is 0 Å². The van der Waals surface area contributed by atoms with Crippen LogP contribution in [0, 0.1) is 5.92 Å². The fraction of sp³-hybridized carbons (Fsp3) is 1.00. The third-order valence-electron chi connectivity index (χ3n) is 2.41. The molecule has 0 fully saturated rings. The smallest absolute Gasteiger partial charge is 0.0106 e. The van der Waals surface area contributed by atoms with Gasteiger partial charge in [-0.1, -0.05) is 13.3 Å². The Morgan fingerprint density at radius 3 is 2.15 bits per heavy atom. The van der Waals surface area contributed by atoms with Crippen LogP contribution < -0.4 is 5.73 Å². The van der Waals surface area contributed by atoms with Crippen LogP contribution in [0.1, 0.15) is 13.3 Å². The topological polar surface area (TPSA) is 32.5 Å². The van der Waals surface area contributed by atoms with Crippen LogP contribution in [0.5, 0.6) is 0 Å². The maximum absolute atomic E-state index is 5.65. The molecular weight excluding hydrogens is 162 g/mol. The van der Waals surface area contributed by atoms with Crippen molar-refractivity contribution in [2.24, 2.45) is 11.7 Å². The Hall–Kier alpha value is -0.120. The zero-order chi connectivity index (χ0) is 10.3. The van der Waals surface area contributed by atoms with Gasteiger partial charge in [-0.2, -0.15) is 0 Å². The first-order chi connectivity index (χ1) is 6.10. The molecule has 13 heavy (non-hydrogen) atoms. The first-order valence-corrected chi connectivity index (χ1v) is 5.13. The summed E-state index contributed by atoms with van der Waals surface area (Å²) >= 11 is 0. The van der Waals surface area contributed by atoms with E-state index in [1.165, 1.54) is 6.42 Å². The van der Waals surface area contributed by atoms with Gasteiger partial charge in [0.15, 0.2) is 0 Å². The Balaban J connectivity index is 3.53. The molecule has 0 saturated heterocycles. The summed E-state index contributed by atoms with van der Waals surface area (Å²) in [5, 5.41) is 0. The number of rotatable bonds is 7. The van der Waals surface area contributed by atoms with E-state index in [1.54, 1.807) is 0 Å². The van der Waals surface area contributed by atoms with Gasteiger partial charge < -0.3 is 15.5 Å². The first-order valence-electron chi connectivity index (χ1n) is 5.13. The minimum Gasteiger partial charge on any atom is -0.330 e. The highest BCUT2D eigenvalue weighted by Crippen LogP contribution is 2.01. The molecule has 0 saturated carbocycles. The van der Waals surface area contributed by atoms with Crippen LogP contribution in [0.4, 0.5) is 0 Å². The van der Waals surface area contributed by atoms with Crippen molar-refractivity contribution in [3.8, 4) is 0 Å². The van der Waals surface area contributed by atoms with Gasteiger partial charge in [0.05, 0.1) is 0 Å². The summed E-state index contributed by atoms with van der Waals surface area (Å²) in [5.74, 6) is 0.659. The lowest BCUT2D eigenvalue weighted by Crippen LogP contribution is -2.34. The van der Waals surface area contributed by atoms with E-state index in [4.69, 9.17) is 5.73 Å². The van der Waals surface area contributed by atoms with Crippen molar-refractivity contribution in [2.75, 3.05) is 47.3 Å². The van der Waals surface area contributed by atoms with E-state index in [2.05, 4.69) is 37.9 Å². The van der Waals surface area contributed by atoms with Crippen molar-refractivity contribution in [1.82, 2.24) is 9.80 Å². The average molecular weight is 187 g/mol. The van der Waals surface area contributed by atoms with E-state index in [0.29, 0.717) is 5.92 Å². The second-order valence-corrected chi connectivity index (χ2v) is 4.08. The summed E-state index contributed by atoms with van der Waals surface area (Å²) < 4.78 is 0. The van der Waals surface area contributed by atoms with E-state index < -0.39 is 0 Å². The van der Waals surface area contributed by atoms with Gasteiger partial charge in [0.1, 0.15) is 0 Å². The SMILES string of the molecule is CCC(CN)CN(C)CCN(C)C. The molecule has 0 aliphatic carbocycles. The van der Waals surface area contributed by atoms with Gasteiger partial charge in [0.2, 0.25) is 0 Å². The molecular formula is C10H25N3. The van der Waals surface area contributed by atoms with Crippen LogP contribution in [0.25, 0.3) is 0 Å². The Labute approximate surface area is 82.9 Å². The maximum Gasteiger partial charge on any atom is 0.0106 e. The first kappa shape index (κ1) is 12.9. The highest BCUT2D eigenvalue weighted by molar-refractivity contribution is 4.63. The highest BCUT2D eigenvalue weighted by Gasteiger charge is 2.07. The molecule has 0 aliphatic heterocycles. The normalized spacial score (nSPS) is 14.1. The number of nitrogens with zero attached hydrogens (tertiary/aromatic N) is 2. The fourth-order valence-corrected chi connectivity index (χ4v) is 1.27. The van der Waals surface area contributed by atoms with Gasteiger partial charge in [-0.3, -0.25) is 0 Å². The van der Waals surface area contributed by atoms with Crippen LogP contribution >= 0.6 is 0 Å². The lowest BCUT2D eigenvalue weighted by Gasteiger charge is -2.23. The van der Waals surface area contributed by atoms with E-state index in [0.717, 1.165) is 26.2 Å². The Morgan fingerprint density at radius 2 is 1.77 bits per heavy atom. The molecule has 0 radical (unpaired) electrons. The second kappa shape index (κ2) is 7.30. The van der Waals surface area contributed by atoms with Gasteiger partial charge in [0, 0.05) is 19.6 Å². The van der Waals surface area contributed by atoms with Gasteiger partial charge >= 0.3 is 0 Å². The largest absolute Gasteiger partial charge is 0.330 e. The molecule has 1 unspecified atom stereocenters. The van der Waals surface area contributed by atoms with Gasteiger partial charge in [-0.15, -0.1) is 0 Å². The van der Waals surface area contributed by atoms with Crippen molar-refractivity contribution in [2.45, 2.75) is 13.3 Å². The summed E-state index contributed by atoms with van der Waals surface area (Å²) in [5.41, 5.74) is 5.65. The molecule has 0 spiro atoms. The second-order valence-electron chi connectivity index (χ2n) is 4.08. The summed E-state index contributed by atoms with van der Waals surface area (Å²) in [4.78, 5) is 4.57. The van der Waals surface area contributed by atoms with E-state index >= 15 is 0 Å². The minimum absolute atomic E-state index is 0.659. The van der Waals surface area contributed by atoms with E-state index in [-0.39, 0.29) is 0 Å². The van der Waals surface area contributed by atoms with Crippen molar-refractivity contribution >= 4 is 0 Å². The van der Waals surface area contributed by atoms with E-state index in [9.17, 15) is 0 Å². The summed E-state index contributed by atoms with van der Waals surface area (Å²) in [7, 11) is 6.38. The molecule has 2 N–H and O–H groups in total. The monoisotopic (exact) mass is 187 g/mol. The average Bonchev–Trinajstić information content (AvgIpc) is 2.10. The fourth-order valence-electron chi connectivity index (χ4n) is 1.27.